The molecule has 1 amide bonds. The van der Waals surface area contributed by atoms with Crippen LogP contribution in [0.2, 0.25) is 0 Å². The first kappa shape index (κ1) is 23.7. The molecule has 0 aromatic carbocycles. The standard InChI is InChI=1S/C22H20F5N5O2/c1-11-4-15(12-5-13(7-28-6-12)19(33)22(25,26)27)30-18-17(11)20(34)32(21(18,2)3)14-8-29-31(9-14)10-16(23)24/h4-9,16,19,33H,10H2,1-3H3. The van der Waals surface area contributed by atoms with Crippen molar-refractivity contribution in [2.45, 2.75) is 51.6 Å². The number of halogens is 5. The van der Waals surface area contributed by atoms with Crippen molar-refractivity contribution in [3.05, 3.63) is 59.3 Å². The van der Waals surface area contributed by atoms with E-state index in [0.29, 0.717) is 22.5 Å². The van der Waals surface area contributed by atoms with Gasteiger partial charge < -0.3 is 5.11 Å². The van der Waals surface area contributed by atoms with Gasteiger partial charge in [0.1, 0.15) is 6.54 Å². The van der Waals surface area contributed by atoms with Gasteiger partial charge in [0, 0.05) is 29.7 Å². The molecular formula is C22H20F5N5O2. The van der Waals surface area contributed by atoms with Crippen LogP contribution in [0.25, 0.3) is 11.3 Å². The summed E-state index contributed by atoms with van der Waals surface area (Å²) < 4.78 is 65.3. The van der Waals surface area contributed by atoms with Crippen molar-refractivity contribution in [1.82, 2.24) is 19.7 Å². The number of rotatable bonds is 5. The van der Waals surface area contributed by atoms with Gasteiger partial charge in [-0.1, -0.05) is 0 Å². The average molecular weight is 481 g/mol. The summed E-state index contributed by atoms with van der Waals surface area (Å²) in [4.78, 5) is 23.1. The highest BCUT2D eigenvalue weighted by atomic mass is 19.4. The fraction of sp³-hybridized carbons (Fsp3) is 0.364. The Balaban J connectivity index is 1.76. The zero-order valence-electron chi connectivity index (χ0n) is 18.3. The Hall–Kier alpha value is -3.41. The molecule has 0 aliphatic carbocycles. The number of aliphatic hydroxyl groups excluding tert-OH is 1. The van der Waals surface area contributed by atoms with Gasteiger partial charge in [-0.2, -0.15) is 18.3 Å². The Morgan fingerprint density at radius 3 is 2.50 bits per heavy atom. The van der Waals surface area contributed by atoms with E-state index < -0.39 is 42.3 Å². The van der Waals surface area contributed by atoms with E-state index in [9.17, 15) is 31.9 Å². The third-order valence-electron chi connectivity index (χ3n) is 5.66. The van der Waals surface area contributed by atoms with Gasteiger partial charge in [-0.05, 0) is 38.5 Å². The lowest BCUT2D eigenvalue weighted by molar-refractivity contribution is -0.206. The van der Waals surface area contributed by atoms with Crippen molar-refractivity contribution in [2.75, 3.05) is 4.90 Å². The number of aromatic nitrogens is 4. The summed E-state index contributed by atoms with van der Waals surface area (Å²) >= 11 is 0. The van der Waals surface area contributed by atoms with E-state index >= 15 is 0 Å². The lowest BCUT2D eigenvalue weighted by Crippen LogP contribution is -2.39. The number of hydrogen-bond acceptors (Lipinski definition) is 5. The maximum atomic E-state index is 13.3. The molecule has 0 saturated carbocycles. The maximum Gasteiger partial charge on any atom is 0.418 e. The van der Waals surface area contributed by atoms with Crippen LogP contribution in [-0.2, 0) is 12.1 Å². The van der Waals surface area contributed by atoms with Gasteiger partial charge in [0.25, 0.3) is 12.3 Å². The van der Waals surface area contributed by atoms with Crippen LogP contribution in [0.5, 0.6) is 0 Å². The van der Waals surface area contributed by atoms with Crippen molar-refractivity contribution in [3.8, 4) is 11.3 Å². The molecule has 1 aliphatic rings. The van der Waals surface area contributed by atoms with Crippen molar-refractivity contribution in [3.63, 3.8) is 0 Å². The lowest BCUT2D eigenvalue weighted by atomic mass is 9.95. The molecule has 12 heteroatoms. The third kappa shape index (κ3) is 4.02. The van der Waals surface area contributed by atoms with Crippen LogP contribution in [0.3, 0.4) is 0 Å². The van der Waals surface area contributed by atoms with Crippen LogP contribution in [0.4, 0.5) is 27.6 Å². The van der Waals surface area contributed by atoms with Gasteiger partial charge in [0.15, 0.2) is 6.10 Å². The number of carbonyl (C=O) groups is 1. The molecule has 3 aromatic heterocycles. The molecular weight excluding hydrogens is 461 g/mol. The van der Waals surface area contributed by atoms with Gasteiger partial charge in [0.2, 0.25) is 0 Å². The van der Waals surface area contributed by atoms with E-state index in [-0.39, 0.29) is 11.3 Å². The third-order valence-corrected chi connectivity index (χ3v) is 5.66. The zero-order chi connectivity index (χ0) is 25.0. The Kier molecular flexibility index (Phi) is 5.67. The number of nitrogens with zero attached hydrogens (tertiary/aromatic N) is 5. The number of carbonyl (C=O) groups excluding carboxylic acids is 1. The molecule has 3 aromatic rings. The Morgan fingerprint density at radius 2 is 1.85 bits per heavy atom. The monoisotopic (exact) mass is 481 g/mol. The molecule has 4 heterocycles. The lowest BCUT2D eigenvalue weighted by Gasteiger charge is -2.30. The molecule has 0 bridgehead atoms. The van der Waals surface area contributed by atoms with Gasteiger partial charge in [-0.25, -0.2) is 13.8 Å². The molecule has 0 fully saturated rings. The molecule has 0 radical (unpaired) electrons. The second-order valence-corrected chi connectivity index (χ2v) is 8.51. The first-order valence-electron chi connectivity index (χ1n) is 10.2. The second kappa shape index (κ2) is 8.12. The number of aryl methyl sites for hydroxylation is 1. The summed E-state index contributed by atoms with van der Waals surface area (Å²) in [6.07, 6.45) is -5.26. The number of hydrogen-bond donors (Lipinski definition) is 1. The number of amides is 1. The molecule has 1 atom stereocenters. The van der Waals surface area contributed by atoms with E-state index in [4.69, 9.17) is 0 Å². The highest BCUT2D eigenvalue weighted by Gasteiger charge is 2.47. The maximum absolute atomic E-state index is 13.3. The van der Waals surface area contributed by atoms with Gasteiger partial charge in [-0.3, -0.25) is 19.4 Å². The quantitative estimate of drug-likeness (QED) is 0.546. The molecule has 1 unspecified atom stereocenters. The smallest absolute Gasteiger partial charge is 0.379 e. The molecule has 4 rings (SSSR count). The van der Waals surface area contributed by atoms with Crippen LogP contribution in [-0.4, -0.2) is 43.4 Å². The van der Waals surface area contributed by atoms with Crippen molar-refractivity contribution in [2.24, 2.45) is 0 Å². The van der Waals surface area contributed by atoms with E-state index in [0.717, 1.165) is 16.9 Å². The first-order valence-corrected chi connectivity index (χ1v) is 10.2. The van der Waals surface area contributed by atoms with Gasteiger partial charge >= 0.3 is 6.18 Å². The van der Waals surface area contributed by atoms with Crippen molar-refractivity contribution in [1.29, 1.82) is 0 Å². The fourth-order valence-corrected chi connectivity index (χ4v) is 4.09. The van der Waals surface area contributed by atoms with Gasteiger partial charge in [-0.15, -0.1) is 0 Å². The largest absolute Gasteiger partial charge is 0.418 e. The average Bonchev–Trinajstić information content (AvgIpc) is 3.26. The van der Waals surface area contributed by atoms with Crippen LogP contribution < -0.4 is 4.90 Å². The minimum Gasteiger partial charge on any atom is -0.379 e. The van der Waals surface area contributed by atoms with Crippen molar-refractivity contribution < 1.29 is 31.9 Å². The molecule has 1 N–H and O–H groups in total. The predicted molar refractivity (Wildman–Crippen MR) is 111 cm³/mol. The summed E-state index contributed by atoms with van der Waals surface area (Å²) in [6.45, 7) is 4.49. The molecule has 180 valence electrons. The number of anilines is 1. The van der Waals surface area contributed by atoms with Gasteiger partial charge in [0.05, 0.1) is 34.4 Å². The second-order valence-electron chi connectivity index (χ2n) is 8.51. The topological polar surface area (TPSA) is 84.1 Å². The van der Waals surface area contributed by atoms with Crippen LogP contribution in [0, 0.1) is 6.92 Å². The molecule has 0 saturated heterocycles. The molecule has 7 nitrogen and oxygen atoms in total. The molecule has 34 heavy (non-hydrogen) atoms. The highest BCUT2D eigenvalue weighted by molar-refractivity contribution is 6.12. The molecule has 1 aliphatic heterocycles. The van der Waals surface area contributed by atoms with E-state index in [1.165, 1.54) is 23.5 Å². The summed E-state index contributed by atoms with van der Waals surface area (Å²) in [5, 5.41) is 13.5. The number of aliphatic hydroxyl groups is 1. The first-order chi connectivity index (χ1) is 15.8. The van der Waals surface area contributed by atoms with E-state index in [1.54, 1.807) is 26.8 Å². The fourth-order valence-electron chi connectivity index (χ4n) is 4.09. The van der Waals surface area contributed by atoms with Crippen LogP contribution in [0.1, 0.15) is 47.1 Å². The van der Waals surface area contributed by atoms with E-state index in [2.05, 4.69) is 15.1 Å². The summed E-state index contributed by atoms with van der Waals surface area (Å²) in [6, 6.07) is 2.70. The minimum absolute atomic E-state index is 0.234. The molecule has 0 spiro atoms. The minimum atomic E-state index is -4.86. The number of alkyl halides is 5. The Labute approximate surface area is 190 Å². The number of fused-ring (bicyclic) bond motifs is 1. The van der Waals surface area contributed by atoms with E-state index in [1.807, 2.05) is 0 Å². The van der Waals surface area contributed by atoms with Crippen LogP contribution >= 0.6 is 0 Å². The highest BCUT2D eigenvalue weighted by Crippen LogP contribution is 2.43. The SMILES string of the molecule is Cc1cc(-c2cncc(C(O)C(F)(F)F)c2)nc2c1C(=O)N(c1cnn(CC(F)F)c1)C2(C)C. The normalized spacial score (nSPS) is 16.3. The summed E-state index contributed by atoms with van der Waals surface area (Å²) in [7, 11) is 0. The van der Waals surface area contributed by atoms with Crippen molar-refractivity contribution >= 4 is 11.6 Å². The van der Waals surface area contributed by atoms with Crippen LogP contribution in [0.15, 0.2) is 36.9 Å². The Bertz CT molecular complexity index is 1250. The summed E-state index contributed by atoms with van der Waals surface area (Å²) in [5.41, 5.74) is 0.588. The Morgan fingerprint density at radius 1 is 1.15 bits per heavy atom. The number of pyridine rings is 2. The zero-order valence-corrected chi connectivity index (χ0v) is 18.3. The summed E-state index contributed by atoms with van der Waals surface area (Å²) in [5.74, 6) is -0.396. The predicted octanol–water partition coefficient (Wildman–Crippen LogP) is 4.40.